The molecule has 3 heteroatoms. The third-order valence-electron chi connectivity index (χ3n) is 3.92. The number of piperidine rings is 1. The van der Waals surface area contributed by atoms with Crippen molar-refractivity contribution in [2.45, 2.75) is 37.3 Å². The number of hydrogen-bond donors (Lipinski definition) is 2. The number of rotatable bonds is 3. The molecule has 1 aromatic carbocycles. The van der Waals surface area contributed by atoms with Crippen molar-refractivity contribution in [3.63, 3.8) is 0 Å². The molecular weight excluding hydrogens is 215 g/mol. The summed E-state index contributed by atoms with van der Waals surface area (Å²) in [7, 11) is 0. The van der Waals surface area contributed by atoms with Gasteiger partial charge in [-0.3, -0.25) is 0 Å². The van der Waals surface area contributed by atoms with E-state index >= 15 is 0 Å². The molecule has 1 unspecified atom stereocenters. The van der Waals surface area contributed by atoms with Gasteiger partial charge >= 0.3 is 0 Å². The summed E-state index contributed by atoms with van der Waals surface area (Å²) in [5, 5.41) is 7.06. The highest BCUT2D eigenvalue weighted by atomic mass is 19.1. The molecule has 0 amide bonds. The van der Waals surface area contributed by atoms with E-state index in [-0.39, 0.29) is 11.4 Å². The highest BCUT2D eigenvalue weighted by Gasteiger charge is 2.46. The second kappa shape index (κ2) is 4.39. The quantitative estimate of drug-likeness (QED) is 0.837. The van der Waals surface area contributed by atoms with Gasteiger partial charge in [0.15, 0.2) is 0 Å². The molecule has 1 atom stereocenters. The fraction of sp³-hybridized carbons (Fsp3) is 0.571. The minimum Gasteiger partial charge on any atom is -0.315 e. The van der Waals surface area contributed by atoms with Gasteiger partial charge in [-0.25, -0.2) is 4.39 Å². The lowest BCUT2D eigenvalue weighted by atomic mass is 10.0. The van der Waals surface area contributed by atoms with E-state index in [1.807, 2.05) is 12.1 Å². The molecule has 1 aliphatic carbocycles. The molecule has 1 aromatic rings. The van der Waals surface area contributed by atoms with Crippen LogP contribution in [0.1, 0.15) is 31.2 Å². The highest BCUT2D eigenvalue weighted by molar-refractivity contribution is 5.31. The SMILES string of the molecule is Fc1ccccc1C1(NC2CCCNC2)CC1. The molecule has 3 rings (SSSR count). The average molecular weight is 234 g/mol. The Balaban J connectivity index is 1.75. The van der Waals surface area contributed by atoms with Gasteiger partial charge in [-0.05, 0) is 38.3 Å². The maximum Gasteiger partial charge on any atom is 0.128 e. The third-order valence-corrected chi connectivity index (χ3v) is 3.92. The first-order chi connectivity index (χ1) is 8.30. The van der Waals surface area contributed by atoms with Crippen molar-refractivity contribution in [2.24, 2.45) is 0 Å². The van der Waals surface area contributed by atoms with Gasteiger partial charge in [0.05, 0.1) is 0 Å². The van der Waals surface area contributed by atoms with Crippen LogP contribution in [0.25, 0.3) is 0 Å². The molecule has 0 spiro atoms. The van der Waals surface area contributed by atoms with Gasteiger partial charge in [0.25, 0.3) is 0 Å². The first kappa shape index (κ1) is 11.2. The molecular formula is C14H19FN2. The average Bonchev–Trinajstić information content (AvgIpc) is 3.12. The molecule has 0 radical (unpaired) electrons. The fourth-order valence-corrected chi connectivity index (χ4v) is 2.83. The normalized spacial score (nSPS) is 26.8. The van der Waals surface area contributed by atoms with E-state index in [9.17, 15) is 4.39 Å². The molecule has 2 fully saturated rings. The van der Waals surface area contributed by atoms with Crippen molar-refractivity contribution in [3.8, 4) is 0 Å². The van der Waals surface area contributed by atoms with Gasteiger partial charge in [-0.2, -0.15) is 0 Å². The zero-order chi connectivity index (χ0) is 11.7. The Kier molecular flexibility index (Phi) is 2.89. The van der Waals surface area contributed by atoms with Crippen LogP contribution >= 0.6 is 0 Å². The van der Waals surface area contributed by atoms with Crippen LogP contribution in [0.3, 0.4) is 0 Å². The lowest BCUT2D eigenvalue weighted by Gasteiger charge is -2.29. The fourth-order valence-electron chi connectivity index (χ4n) is 2.83. The molecule has 2 N–H and O–H groups in total. The van der Waals surface area contributed by atoms with E-state index in [4.69, 9.17) is 0 Å². The van der Waals surface area contributed by atoms with Crippen molar-refractivity contribution in [1.29, 1.82) is 0 Å². The summed E-state index contributed by atoms with van der Waals surface area (Å²) in [6.45, 7) is 2.13. The molecule has 1 heterocycles. The van der Waals surface area contributed by atoms with E-state index < -0.39 is 0 Å². The van der Waals surface area contributed by atoms with Crippen molar-refractivity contribution >= 4 is 0 Å². The molecule has 0 aromatic heterocycles. The van der Waals surface area contributed by atoms with Crippen molar-refractivity contribution in [1.82, 2.24) is 10.6 Å². The van der Waals surface area contributed by atoms with Crippen LogP contribution < -0.4 is 10.6 Å². The smallest absolute Gasteiger partial charge is 0.128 e. The number of halogens is 1. The minimum atomic E-state index is -0.0744. The Hall–Kier alpha value is -0.930. The van der Waals surface area contributed by atoms with E-state index in [2.05, 4.69) is 10.6 Å². The number of nitrogens with one attached hydrogen (secondary N) is 2. The predicted octanol–water partition coefficient (Wildman–Crippen LogP) is 2.16. The van der Waals surface area contributed by atoms with E-state index in [1.54, 1.807) is 12.1 Å². The zero-order valence-corrected chi connectivity index (χ0v) is 10.0. The Labute approximate surface area is 102 Å². The molecule has 92 valence electrons. The topological polar surface area (TPSA) is 24.1 Å². The predicted molar refractivity (Wildman–Crippen MR) is 66.3 cm³/mol. The summed E-state index contributed by atoms with van der Waals surface area (Å²) in [5.41, 5.74) is 0.778. The van der Waals surface area contributed by atoms with Crippen molar-refractivity contribution in [3.05, 3.63) is 35.6 Å². The maximum absolute atomic E-state index is 13.8. The number of hydrogen-bond acceptors (Lipinski definition) is 2. The van der Waals surface area contributed by atoms with Crippen LogP contribution in [0.2, 0.25) is 0 Å². The highest BCUT2D eigenvalue weighted by Crippen LogP contribution is 2.47. The summed E-state index contributed by atoms with van der Waals surface area (Å²) in [4.78, 5) is 0. The van der Waals surface area contributed by atoms with Gasteiger partial charge in [0.1, 0.15) is 5.82 Å². The minimum absolute atomic E-state index is 0.0683. The molecule has 1 aliphatic heterocycles. The first-order valence-corrected chi connectivity index (χ1v) is 6.54. The van der Waals surface area contributed by atoms with Gasteiger partial charge < -0.3 is 10.6 Å². The lowest BCUT2D eigenvalue weighted by molar-refractivity contribution is 0.337. The van der Waals surface area contributed by atoms with Crippen LogP contribution in [-0.2, 0) is 5.54 Å². The first-order valence-electron chi connectivity index (χ1n) is 6.54. The van der Waals surface area contributed by atoms with Gasteiger partial charge in [0.2, 0.25) is 0 Å². The molecule has 17 heavy (non-hydrogen) atoms. The van der Waals surface area contributed by atoms with Crippen LogP contribution in [0.4, 0.5) is 4.39 Å². The Bertz CT molecular complexity index is 395. The largest absolute Gasteiger partial charge is 0.315 e. The van der Waals surface area contributed by atoms with Crippen molar-refractivity contribution in [2.75, 3.05) is 13.1 Å². The zero-order valence-electron chi connectivity index (χ0n) is 10.0. The van der Waals surface area contributed by atoms with Crippen LogP contribution in [0, 0.1) is 5.82 Å². The summed E-state index contributed by atoms with van der Waals surface area (Å²) < 4.78 is 13.8. The van der Waals surface area contributed by atoms with Crippen molar-refractivity contribution < 1.29 is 4.39 Å². The van der Waals surface area contributed by atoms with Crippen LogP contribution in [-0.4, -0.2) is 19.1 Å². The lowest BCUT2D eigenvalue weighted by Crippen LogP contribution is -2.47. The van der Waals surface area contributed by atoms with Crippen LogP contribution in [0.5, 0.6) is 0 Å². The van der Waals surface area contributed by atoms with Gasteiger partial charge in [-0.1, -0.05) is 18.2 Å². The number of benzene rings is 1. The Morgan fingerprint density at radius 2 is 2.12 bits per heavy atom. The van der Waals surface area contributed by atoms with Crippen LogP contribution in [0.15, 0.2) is 24.3 Å². The maximum atomic E-state index is 13.8. The van der Waals surface area contributed by atoms with E-state index in [0.717, 1.165) is 31.5 Å². The van der Waals surface area contributed by atoms with E-state index in [1.165, 1.54) is 12.8 Å². The second-order valence-corrected chi connectivity index (χ2v) is 5.25. The molecule has 2 nitrogen and oxygen atoms in total. The van der Waals surface area contributed by atoms with E-state index in [0.29, 0.717) is 6.04 Å². The summed E-state index contributed by atoms with van der Waals surface area (Å²) in [6, 6.07) is 7.67. The molecule has 2 aliphatic rings. The molecule has 1 saturated carbocycles. The van der Waals surface area contributed by atoms with Gasteiger partial charge in [-0.15, -0.1) is 0 Å². The molecule has 0 bridgehead atoms. The summed E-state index contributed by atoms with van der Waals surface area (Å²) in [6.07, 6.45) is 4.53. The monoisotopic (exact) mass is 234 g/mol. The summed E-state index contributed by atoms with van der Waals surface area (Å²) in [5.74, 6) is -0.0683. The molecule has 1 saturated heterocycles. The standard InChI is InChI=1S/C14H19FN2/c15-13-6-2-1-5-12(13)14(7-8-14)17-11-4-3-9-16-10-11/h1-2,5-6,11,16-17H,3-4,7-10H2. The van der Waals surface area contributed by atoms with Gasteiger partial charge in [0, 0.05) is 23.7 Å². The third kappa shape index (κ3) is 2.22. The summed E-state index contributed by atoms with van der Waals surface area (Å²) >= 11 is 0. The Morgan fingerprint density at radius 3 is 2.76 bits per heavy atom. The second-order valence-electron chi connectivity index (χ2n) is 5.25. The Morgan fingerprint density at radius 1 is 1.29 bits per heavy atom.